The van der Waals surface area contributed by atoms with Crippen LogP contribution in [0.5, 0.6) is 0 Å². The zero-order chi connectivity index (χ0) is 15.4. The van der Waals surface area contributed by atoms with Crippen molar-refractivity contribution in [2.24, 2.45) is 0 Å². The molecule has 1 heterocycles. The van der Waals surface area contributed by atoms with Gasteiger partial charge in [-0.2, -0.15) is 0 Å². The van der Waals surface area contributed by atoms with Crippen LogP contribution in [0.4, 0.5) is 5.69 Å². The number of hydrogen-bond donors (Lipinski definition) is 0. The third kappa shape index (κ3) is 3.20. The summed E-state index contributed by atoms with van der Waals surface area (Å²) in [4.78, 5) is 29.5. The summed E-state index contributed by atoms with van der Waals surface area (Å²) in [5.41, 5.74) is 0.998. The van der Waals surface area contributed by atoms with Crippen LogP contribution in [0.3, 0.4) is 0 Å². The van der Waals surface area contributed by atoms with Gasteiger partial charge in [0.25, 0.3) is 5.91 Å². The number of para-hydroxylation sites is 1. The van der Waals surface area contributed by atoms with Crippen LogP contribution in [0.25, 0.3) is 0 Å². The maximum absolute atomic E-state index is 12.4. The first kappa shape index (κ1) is 15.0. The van der Waals surface area contributed by atoms with Crippen molar-refractivity contribution in [3.8, 4) is 0 Å². The number of anilines is 1. The van der Waals surface area contributed by atoms with Crippen molar-refractivity contribution in [2.45, 2.75) is 0 Å². The number of carbonyl (C=O) groups is 2. The molecule has 0 atom stereocenters. The van der Waals surface area contributed by atoms with Crippen LogP contribution in [0.15, 0.2) is 42.6 Å². The van der Waals surface area contributed by atoms with Crippen molar-refractivity contribution in [3.63, 3.8) is 0 Å². The molecule has 1 amide bonds. The van der Waals surface area contributed by atoms with Gasteiger partial charge in [-0.15, -0.1) is 0 Å². The van der Waals surface area contributed by atoms with E-state index in [0.29, 0.717) is 16.3 Å². The molecule has 0 unspecified atom stereocenters. The Kier molecular flexibility index (Phi) is 4.55. The van der Waals surface area contributed by atoms with Gasteiger partial charge in [0.2, 0.25) is 0 Å². The molecule has 1 aromatic heterocycles. The summed E-state index contributed by atoms with van der Waals surface area (Å²) < 4.78 is 4.72. The third-order valence-corrected chi connectivity index (χ3v) is 3.15. The van der Waals surface area contributed by atoms with E-state index in [1.807, 2.05) is 0 Å². The minimum Gasteiger partial charge on any atom is -0.465 e. The molecule has 0 N–H and O–H groups in total. The molecule has 2 aromatic rings. The lowest BCUT2D eigenvalue weighted by molar-refractivity contribution is 0.0601. The molecule has 6 heteroatoms. The fraction of sp³-hybridized carbons (Fsp3) is 0.133. The fourth-order valence-corrected chi connectivity index (χ4v) is 1.94. The topological polar surface area (TPSA) is 59.5 Å². The molecule has 21 heavy (non-hydrogen) atoms. The maximum atomic E-state index is 12.4. The monoisotopic (exact) mass is 304 g/mol. The number of hydrogen-bond acceptors (Lipinski definition) is 4. The molecule has 0 bridgehead atoms. The number of esters is 1. The standard InChI is InChI=1S/C15H13ClN2O3/c1-18(14(19)12-8-7-10(16)9-17-12)13-6-4-3-5-11(13)15(20)21-2/h3-9H,1-2H3. The summed E-state index contributed by atoms with van der Waals surface area (Å²) in [5.74, 6) is -0.850. The van der Waals surface area contributed by atoms with Crippen LogP contribution in [0.2, 0.25) is 5.02 Å². The van der Waals surface area contributed by atoms with E-state index in [9.17, 15) is 9.59 Å². The Hall–Kier alpha value is -2.40. The van der Waals surface area contributed by atoms with E-state index in [1.165, 1.54) is 24.3 Å². The molecule has 0 saturated carbocycles. The van der Waals surface area contributed by atoms with E-state index in [-0.39, 0.29) is 11.6 Å². The van der Waals surface area contributed by atoms with Gasteiger partial charge in [0.15, 0.2) is 0 Å². The van der Waals surface area contributed by atoms with Gasteiger partial charge in [-0.1, -0.05) is 23.7 Å². The van der Waals surface area contributed by atoms with Crippen molar-refractivity contribution >= 4 is 29.2 Å². The molecule has 5 nitrogen and oxygen atoms in total. The number of methoxy groups -OCH3 is 1. The van der Waals surface area contributed by atoms with Gasteiger partial charge >= 0.3 is 5.97 Å². The van der Waals surface area contributed by atoms with Gasteiger partial charge in [0.05, 0.1) is 23.4 Å². The predicted molar refractivity (Wildman–Crippen MR) is 79.8 cm³/mol. The summed E-state index contributed by atoms with van der Waals surface area (Å²) in [6.45, 7) is 0. The Balaban J connectivity index is 2.36. The van der Waals surface area contributed by atoms with Crippen LogP contribution >= 0.6 is 11.6 Å². The molecule has 1 aromatic carbocycles. The van der Waals surface area contributed by atoms with Gasteiger partial charge in [-0.3, -0.25) is 4.79 Å². The summed E-state index contributed by atoms with van der Waals surface area (Å²) in [6, 6.07) is 9.82. The predicted octanol–water partition coefficient (Wildman–Crippen LogP) is 2.80. The first-order valence-corrected chi connectivity index (χ1v) is 6.49. The fourth-order valence-electron chi connectivity index (χ4n) is 1.83. The van der Waals surface area contributed by atoms with E-state index >= 15 is 0 Å². The molecule has 0 aliphatic rings. The van der Waals surface area contributed by atoms with Crippen molar-refractivity contribution in [1.29, 1.82) is 0 Å². The van der Waals surface area contributed by atoms with E-state index in [4.69, 9.17) is 16.3 Å². The Morgan fingerprint density at radius 1 is 1.19 bits per heavy atom. The molecule has 0 aliphatic heterocycles. The summed E-state index contributed by atoms with van der Waals surface area (Å²) >= 11 is 5.75. The van der Waals surface area contributed by atoms with Gasteiger partial charge in [0, 0.05) is 13.2 Å². The van der Waals surface area contributed by atoms with E-state index in [0.717, 1.165) is 0 Å². The molecule has 0 saturated heterocycles. The van der Waals surface area contributed by atoms with Crippen molar-refractivity contribution in [3.05, 3.63) is 58.9 Å². The highest BCUT2D eigenvalue weighted by molar-refractivity contribution is 6.30. The van der Waals surface area contributed by atoms with Crippen molar-refractivity contribution < 1.29 is 14.3 Å². The second-order valence-corrected chi connectivity index (χ2v) is 4.67. The van der Waals surface area contributed by atoms with Gasteiger partial charge in [0.1, 0.15) is 5.69 Å². The van der Waals surface area contributed by atoms with Crippen molar-refractivity contribution in [1.82, 2.24) is 4.98 Å². The van der Waals surface area contributed by atoms with Gasteiger partial charge in [-0.25, -0.2) is 9.78 Å². The number of amides is 1. The summed E-state index contributed by atoms with van der Waals surface area (Å²) in [7, 11) is 2.86. The highest BCUT2D eigenvalue weighted by Gasteiger charge is 2.20. The van der Waals surface area contributed by atoms with Crippen LogP contribution in [-0.2, 0) is 4.74 Å². The first-order chi connectivity index (χ1) is 10.0. The van der Waals surface area contributed by atoms with E-state index in [1.54, 1.807) is 37.4 Å². The Labute approximate surface area is 127 Å². The molecule has 0 radical (unpaired) electrons. The molecule has 0 aliphatic carbocycles. The number of ether oxygens (including phenoxy) is 1. The second-order valence-electron chi connectivity index (χ2n) is 4.23. The number of nitrogens with zero attached hydrogens (tertiary/aromatic N) is 2. The molecular formula is C15H13ClN2O3. The Bertz CT molecular complexity index is 671. The van der Waals surface area contributed by atoms with Gasteiger partial charge < -0.3 is 9.64 Å². The number of pyridine rings is 1. The van der Waals surface area contributed by atoms with E-state index < -0.39 is 5.97 Å². The third-order valence-electron chi connectivity index (χ3n) is 2.92. The molecule has 108 valence electrons. The minimum atomic E-state index is -0.505. The second kappa shape index (κ2) is 6.37. The molecule has 2 rings (SSSR count). The molecular weight excluding hydrogens is 292 g/mol. The number of benzene rings is 1. The highest BCUT2D eigenvalue weighted by Crippen LogP contribution is 2.21. The normalized spacial score (nSPS) is 10.0. The number of aromatic nitrogens is 1. The average Bonchev–Trinajstić information content (AvgIpc) is 2.53. The molecule has 0 fully saturated rings. The summed E-state index contributed by atoms with van der Waals surface area (Å²) in [5, 5.41) is 0.448. The van der Waals surface area contributed by atoms with Crippen LogP contribution in [-0.4, -0.2) is 31.0 Å². The Morgan fingerprint density at radius 3 is 2.52 bits per heavy atom. The van der Waals surface area contributed by atoms with Crippen molar-refractivity contribution in [2.75, 3.05) is 19.1 Å². The highest BCUT2D eigenvalue weighted by atomic mass is 35.5. The lowest BCUT2D eigenvalue weighted by Crippen LogP contribution is -2.28. The minimum absolute atomic E-state index is 0.238. The SMILES string of the molecule is COC(=O)c1ccccc1N(C)C(=O)c1ccc(Cl)cn1. The zero-order valence-corrected chi connectivity index (χ0v) is 12.3. The van der Waals surface area contributed by atoms with E-state index in [2.05, 4.69) is 4.98 Å². The van der Waals surface area contributed by atoms with Crippen LogP contribution < -0.4 is 4.90 Å². The lowest BCUT2D eigenvalue weighted by Gasteiger charge is -2.19. The number of carbonyl (C=O) groups excluding carboxylic acids is 2. The lowest BCUT2D eigenvalue weighted by atomic mass is 10.1. The largest absolute Gasteiger partial charge is 0.465 e. The van der Waals surface area contributed by atoms with Gasteiger partial charge in [-0.05, 0) is 24.3 Å². The quantitative estimate of drug-likeness (QED) is 0.818. The number of halogens is 1. The summed E-state index contributed by atoms with van der Waals surface area (Å²) in [6.07, 6.45) is 1.40. The van der Waals surface area contributed by atoms with Crippen LogP contribution in [0.1, 0.15) is 20.8 Å². The number of rotatable bonds is 3. The average molecular weight is 305 g/mol. The Morgan fingerprint density at radius 2 is 1.90 bits per heavy atom. The molecule has 0 spiro atoms. The van der Waals surface area contributed by atoms with Crippen LogP contribution in [0, 0.1) is 0 Å². The maximum Gasteiger partial charge on any atom is 0.339 e. The zero-order valence-electron chi connectivity index (χ0n) is 11.5. The smallest absolute Gasteiger partial charge is 0.339 e. The first-order valence-electron chi connectivity index (χ1n) is 6.11.